The summed E-state index contributed by atoms with van der Waals surface area (Å²) in [6.07, 6.45) is 2.29. The zero-order valence-corrected chi connectivity index (χ0v) is 10.5. The van der Waals surface area contributed by atoms with E-state index >= 15 is 0 Å². The van der Waals surface area contributed by atoms with Crippen LogP contribution in [0.15, 0.2) is 0 Å². The first-order valence-electron chi connectivity index (χ1n) is 5.98. The normalized spacial score (nSPS) is 21.6. The van der Waals surface area contributed by atoms with Crippen molar-refractivity contribution in [1.29, 1.82) is 0 Å². The zero-order chi connectivity index (χ0) is 11.3. The molecule has 3 heteroatoms. The summed E-state index contributed by atoms with van der Waals surface area (Å²) >= 11 is 0. The minimum absolute atomic E-state index is 0.0992. The van der Waals surface area contributed by atoms with Crippen LogP contribution >= 0.6 is 0 Å². The molecule has 1 atom stereocenters. The highest BCUT2D eigenvalue weighted by molar-refractivity contribution is 4.91. The number of hydrogen-bond donors (Lipinski definition) is 1. The molecular formula is C12H25NO2. The van der Waals surface area contributed by atoms with Crippen LogP contribution in [0.4, 0.5) is 0 Å². The molecule has 0 saturated carbocycles. The molecule has 0 aromatic heterocycles. The molecule has 0 radical (unpaired) electrons. The van der Waals surface area contributed by atoms with Gasteiger partial charge in [-0.25, -0.2) is 0 Å². The molecule has 1 N–H and O–H groups in total. The van der Waals surface area contributed by atoms with E-state index in [0.717, 1.165) is 32.6 Å². The summed E-state index contributed by atoms with van der Waals surface area (Å²) in [5, 5.41) is 3.56. The lowest BCUT2D eigenvalue weighted by Crippen LogP contribution is -2.53. The van der Waals surface area contributed by atoms with Crippen LogP contribution < -0.4 is 5.32 Å². The van der Waals surface area contributed by atoms with Crippen molar-refractivity contribution in [2.24, 2.45) is 5.92 Å². The average Bonchev–Trinajstić information content (AvgIpc) is 2.27. The molecule has 1 saturated heterocycles. The molecule has 3 nitrogen and oxygen atoms in total. The second-order valence-electron chi connectivity index (χ2n) is 4.79. The molecule has 0 aliphatic carbocycles. The van der Waals surface area contributed by atoms with Gasteiger partial charge in [0.1, 0.15) is 0 Å². The summed E-state index contributed by atoms with van der Waals surface area (Å²) in [6, 6.07) is 0.427. The Labute approximate surface area is 93.5 Å². The topological polar surface area (TPSA) is 30.5 Å². The van der Waals surface area contributed by atoms with Gasteiger partial charge in [-0.3, -0.25) is 0 Å². The maximum Gasteiger partial charge on any atom is 0.0777 e. The molecule has 1 rings (SSSR count). The Morgan fingerprint density at radius 2 is 2.00 bits per heavy atom. The highest BCUT2D eigenvalue weighted by Crippen LogP contribution is 2.27. The fourth-order valence-corrected chi connectivity index (χ4v) is 2.38. The van der Waals surface area contributed by atoms with Crippen molar-refractivity contribution in [3.8, 4) is 0 Å². The summed E-state index contributed by atoms with van der Waals surface area (Å²) in [5.41, 5.74) is -0.0992. The predicted octanol–water partition coefficient (Wildman–Crippen LogP) is 1.82. The molecule has 0 aromatic carbocycles. The fraction of sp³-hybridized carbons (Fsp3) is 1.00. The number of nitrogens with one attached hydrogen (secondary N) is 1. The number of likely N-dealkylation sites (N-methyl/N-ethyl adjacent to an activating group) is 1. The molecule has 0 amide bonds. The van der Waals surface area contributed by atoms with Crippen molar-refractivity contribution >= 4 is 0 Å². The van der Waals surface area contributed by atoms with E-state index in [1.807, 2.05) is 0 Å². The van der Waals surface area contributed by atoms with Crippen LogP contribution in [0.2, 0.25) is 0 Å². The quantitative estimate of drug-likeness (QED) is 0.759. The minimum atomic E-state index is -0.0992. The average molecular weight is 215 g/mol. The Morgan fingerprint density at radius 3 is 2.47 bits per heavy atom. The highest BCUT2D eigenvalue weighted by Gasteiger charge is 2.35. The van der Waals surface area contributed by atoms with Gasteiger partial charge in [-0.05, 0) is 39.2 Å². The molecule has 0 spiro atoms. The van der Waals surface area contributed by atoms with Gasteiger partial charge >= 0.3 is 0 Å². The van der Waals surface area contributed by atoms with Gasteiger partial charge in [-0.1, -0.05) is 6.92 Å². The SMILES string of the molecule is CCNC(C1CCOCC1)C(C)(C)OC. The van der Waals surface area contributed by atoms with E-state index in [0.29, 0.717) is 12.0 Å². The Balaban J connectivity index is 2.62. The molecular weight excluding hydrogens is 190 g/mol. The van der Waals surface area contributed by atoms with Crippen LogP contribution in [0.25, 0.3) is 0 Å². The third-order valence-electron chi connectivity index (χ3n) is 3.44. The lowest BCUT2D eigenvalue weighted by atomic mass is 9.82. The Kier molecular flexibility index (Phi) is 5.03. The Bertz CT molecular complexity index is 176. The fourth-order valence-electron chi connectivity index (χ4n) is 2.38. The first-order valence-corrected chi connectivity index (χ1v) is 5.98. The van der Waals surface area contributed by atoms with E-state index in [1.54, 1.807) is 7.11 Å². The van der Waals surface area contributed by atoms with E-state index in [9.17, 15) is 0 Å². The summed E-state index contributed by atoms with van der Waals surface area (Å²) in [4.78, 5) is 0. The predicted molar refractivity (Wildman–Crippen MR) is 62.1 cm³/mol. The first-order chi connectivity index (χ1) is 7.11. The van der Waals surface area contributed by atoms with E-state index in [4.69, 9.17) is 9.47 Å². The van der Waals surface area contributed by atoms with Gasteiger partial charge in [0, 0.05) is 26.4 Å². The monoisotopic (exact) mass is 215 g/mol. The van der Waals surface area contributed by atoms with Crippen molar-refractivity contribution < 1.29 is 9.47 Å². The first kappa shape index (κ1) is 12.9. The Morgan fingerprint density at radius 1 is 1.40 bits per heavy atom. The molecule has 90 valence electrons. The second-order valence-corrected chi connectivity index (χ2v) is 4.79. The third kappa shape index (κ3) is 3.44. The number of rotatable bonds is 5. The van der Waals surface area contributed by atoms with E-state index in [-0.39, 0.29) is 5.60 Å². The van der Waals surface area contributed by atoms with Crippen LogP contribution in [0.3, 0.4) is 0 Å². The lowest BCUT2D eigenvalue weighted by Gasteiger charge is -2.40. The van der Waals surface area contributed by atoms with Crippen LogP contribution in [-0.4, -0.2) is 38.5 Å². The van der Waals surface area contributed by atoms with Gasteiger partial charge in [0.15, 0.2) is 0 Å². The summed E-state index contributed by atoms with van der Waals surface area (Å²) in [7, 11) is 1.80. The second kappa shape index (κ2) is 5.83. The van der Waals surface area contributed by atoms with Gasteiger partial charge in [-0.15, -0.1) is 0 Å². The van der Waals surface area contributed by atoms with Crippen LogP contribution in [0, 0.1) is 5.92 Å². The third-order valence-corrected chi connectivity index (χ3v) is 3.44. The molecule has 0 aromatic rings. The Hall–Kier alpha value is -0.120. The van der Waals surface area contributed by atoms with Gasteiger partial charge in [0.05, 0.1) is 5.60 Å². The molecule has 1 aliphatic heterocycles. The van der Waals surface area contributed by atoms with Crippen molar-refractivity contribution in [2.45, 2.75) is 45.3 Å². The number of methoxy groups -OCH3 is 1. The molecule has 1 aliphatic rings. The van der Waals surface area contributed by atoms with E-state index in [1.165, 1.54) is 0 Å². The smallest absolute Gasteiger partial charge is 0.0777 e. The van der Waals surface area contributed by atoms with Crippen LogP contribution in [0.5, 0.6) is 0 Å². The highest BCUT2D eigenvalue weighted by atomic mass is 16.5. The zero-order valence-electron chi connectivity index (χ0n) is 10.5. The van der Waals surface area contributed by atoms with Gasteiger partial charge in [-0.2, -0.15) is 0 Å². The van der Waals surface area contributed by atoms with Crippen molar-refractivity contribution in [1.82, 2.24) is 5.32 Å². The number of hydrogen-bond acceptors (Lipinski definition) is 3. The van der Waals surface area contributed by atoms with Crippen molar-refractivity contribution in [3.63, 3.8) is 0 Å². The largest absolute Gasteiger partial charge is 0.381 e. The lowest BCUT2D eigenvalue weighted by molar-refractivity contribution is -0.0477. The molecule has 1 fully saturated rings. The molecule has 0 bridgehead atoms. The van der Waals surface area contributed by atoms with Gasteiger partial charge in [0.25, 0.3) is 0 Å². The standard InChI is InChI=1S/C12H25NO2/c1-5-13-11(12(2,3)14-4)10-6-8-15-9-7-10/h10-11,13H,5-9H2,1-4H3. The molecule has 1 unspecified atom stereocenters. The molecule has 1 heterocycles. The number of ether oxygens (including phenoxy) is 2. The van der Waals surface area contributed by atoms with Crippen LogP contribution in [-0.2, 0) is 9.47 Å². The van der Waals surface area contributed by atoms with Gasteiger partial charge in [0.2, 0.25) is 0 Å². The minimum Gasteiger partial charge on any atom is -0.381 e. The summed E-state index contributed by atoms with van der Waals surface area (Å²) in [5.74, 6) is 0.675. The maximum absolute atomic E-state index is 5.60. The van der Waals surface area contributed by atoms with E-state index < -0.39 is 0 Å². The molecule has 15 heavy (non-hydrogen) atoms. The summed E-state index contributed by atoms with van der Waals surface area (Å²) in [6.45, 7) is 9.26. The van der Waals surface area contributed by atoms with Crippen molar-refractivity contribution in [2.75, 3.05) is 26.9 Å². The van der Waals surface area contributed by atoms with Crippen molar-refractivity contribution in [3.05, 3.63) is 0 Å². The maximum atomic E-state index is 5.60. The van der Waals surface area contributed by atoms with Crippen LogP contribution in [0.1, 0.15) is 33.6 Å². The van der Waals surface area contributed by atoms with E-state index in [2.05, 4.69) is 26.1 Å². The van der Waals surface area contributed by atoms with Gasteiger partial charge < -0.3 is 14.8 Å². The summed E-state index contributed by atoms with van der Waals surface area (Å²) < 4.78 is 11.0.